The molecular formula is C12H16BrN. The lowest BCUT2D eigenvalue weighted by atomic mass is 9.86. The summed E-state index contributed by atoms with van der Waals surface area (Å²) < 4.78 is 1.18. The van der Waals surface area contributed by atoms with Gasteiger partial charge in [-0.3, -0.25) is 0 Å². The van der Waals surface area contributed by atoms with E-state index in [4.69, 9.17) is 0 Å². The van der Waals surface area contributed by atoms with E-state index in [1.807, 2.05) is 7.05 Å². The summed E-state index contributed by atoms with van der Waals surface area (Å²) in [5.41, 5.74) is 3.25. The van der Waals surface area contributed by atoms with E-state index in [0.29, 0.717) is 11.5 Å². The SMILES string of the molecule is CNC1CC(C)(C)c2ccc(Br)cc21. The third-order valence-electron chi connectivity index (χ3n) is 3.18. The first kappa shape index (κ1) is 10.2. The average molecular weight is 254 g/mol. The standard InChI is InChI=1S/C12H16BrN/c1-12(2)7-11(14-3)9-6-8(13)4-5-10(9)12/h4-6,11,14H,7H2,1-3H3. The molecule has 1 aliphatic carbocycles. The molecule has 0 saturated heterocycles. The van der Waals surface area contributed by atoms with E-state index < -0.39 is 0 Å². The molecule has 0 spiro atoms. The molecule has 0 heterocycles. The van der Waals surface area contributed by atoms with Gasteiger partial charge in [0.05, 0.1) is 0 Å². The van der Waals surface area contributed by atoms with E-state index in [-0.39, 0.29) is 0 Å². The molecule has 0 bridgehead atoms. The van der Waals surface area contributed by atoms with E-state index in [0.717, 1.165) is 0 Å². The number of hydrogen-bond acceptors (Lipinski definition) is 1. The molecule has 1 aromatic carbocycles. The van der Waals surface area contributed by atoms with Crippen LogP contribution < -0.4 is 5.32 Å². The molecule has 0 radical (unpaired) electrons. The van der Waals surface area contributed by atoms with Gasteiger partial charge in [0.2, 0.25) is 0 Å². The van der Waals surface area contributed by atoms with Crippen LogP contribution in [0.3, 0.4) is 0 Å². The molecule has 0 amide bonds. The Kier molecular flexibility index (Phi) is 2.44. The zero-order chi connectivity index (χ0) is 10.3. The summed E-state index contributed by atoms with van der Waals surface area (Å²) in [5, 5.41) is 3.38. The van der Waals surface area contributed by atoms with Crippen molar-refractivity contribution in [3.63, 3.8) is 0 Å². The lowest BCUT2D eigenvalue weighted by Gasteiger charge is -2.18. The summed E-state index contributed by atoms with van der Waals surface area (Å²) in [4.78, 5) is 0. The Morgan fingerprint density at radius 1 is 1.43 bits per heavy atom. The van der Waals surface area contributed by atoms with Crippen molar-refractivity contribution in [1.29, 1.82) is 0 Å². The highest BCUT2D eigenvalue weighted by molar-refractivity contribution is 9.10. The van der Waals surface area contributed by atoms with Crippen LogP contribution in [0.4, 0.5) is 0 Å². The molecule has 1 N–H and O–H groups in total. The normalized spacial score (nSPS) is 23.6. The zero-order valence-corrected chi connectivity index (χ0v) is 10.5. The number of rotatable bonds is 1. The number of nitrogens with one attached hydrogen (secondary N) is 1. The Bertz CT molecular complexity index is 357. The van der Waals surface area contributed by atoms with Gasteiger partial charge in [0.15, 0.2) is 0 Å². The molecule has 0 saturated carbocycles. The van der Waals surface area contributed by atoms with E-state index in [9.17, 15) is 0 Å². The van der Waals surface area contributed by atoms with Gasteiger partial charge in [-0.25, -0.2) is 0 Å². The maximum absolute atomic E-state index is 3.53. The van der Waals surface area contributed by atoms with Gasteiger partial charge in [-0.2, -0.15) is 0 Å². The van der Waals surface area contributed by atoms with Gasteiger partial charge in [-0.15, -0.1) is 0 Å². The molecule has 1 atom stereocenters. The minimum absolute atomic E-state index is 0.309. The quantitative estimate of drug-likeness (QED) is 0.810. The van der Waals surface area contributed by atoms with Crippen LogP contribution in [-0.4, -0.2) is 7.05 Å². The summed E-state index contributed by atoms with van der Waals surface area (Å²) in [6.45, 7) is 4.63. The largest absolute Gasteiger partial charge is 0.313 e. The summed E-state index contributed by atoms with van der Waals surface area (Å²) >= 11 is 3.53. The van der Waals surface area contributed by atoms with Gasteiger partial charge >= 0.3 is 0 Å². The fourth-order valence-electron chi connectivity index (χ4n) is 2.43. The zero-order valence-electron chi connectivity index (χ0n) is 8.89. The number of hydrogen-bond donors (Lipinski definition) is 1. The molecule has 2 rings (SSSR count). The summed E-state index contributed by atoms with van der Waals surface area (Å²) in [7, 11) is 2.04. The highest BCUT2D eigenvalue weighted by Gasteiger charge is 2.35. The van der Waals surface area contributed by atoms with Crippen molar-refractivity contribution in [1.82, 2.24) is 5.32 Å². The number of fused-ring (bicyclic) bond motifs is 1. The van der Waals surface area contributed by atoms with Crippen LogP contribution in [-0.2, 0) is 5.41 Å². The third-order valence-corrected chi connectivity index (χ3v) is 3.67. The fraction of sp³-hybridized carbons (Fsp3) is 0.500. The van der Waals surface area contributed by atoms with Crippen molar-refractivity contribution < 1.29 is 0 Å². The topological polar surface area (TPSA) is 12.0 Å². The molecule has 0 aliphatic heterocycles. The lowest BCUT2D eigenvalue weighted by molar-refractivity contribution is 0.447. The first-order chi connectivity index (χ1) is 6.54. The first-order valence-corrected chi connectivity index (χ1v) is 5.81. The van der Waals surface area contributed by atoms with Gasteiger partial charge in [0.25, 0.3) is 0 Å². The van der Waals surface area contributed by atoms with Gasteiger partial charge < -0.3 is 5.32 Å². The van der Waals surface area contributed by atoms with Crippen molar-refractivity contribution in [3.8, 4) is 0 Å². The summed E-state index contributed by atoms with van der Waals surface area (Å²) in [6, 6.07) is 7.14. The summed E-state index contributed by atoms with van der Waals surface area (Å²) in [5.74, 6) is 0. The molecule has 76 valence electrons. The van der Waals surface area contributed by atoms with E-state index in [2.05, 4.69) is 53.3 Å². The molecular weight excluding hydrogens is 238 g/mol. The van der Waals surface area contributed by atoms with E-state index >= 15 is 0 Å². The second-order valence-electron chi connectivity index (χ2n) is 4.66. The van der Waals surface area contributed by atoms with Crippen LogP contribution in [0, 0.1) is 0 Å². The van der Waals surface area contributed by atoms with Gasteiger partial charge in [-0.05, 0) is 42.1 Å². The van der Waals surface area contributed by atoms with Crippen molar-refractivity contribution in [3.05, 3.63) is 33.8 Å². The van der Waals surface area contributed by atoms with Crippen molar-refractivity contribution in [2.45, 2.75) is 31.7 Å². The van der Waals surface area contributed by atoms with Crippen LogP contribution in [0.25, 0.3) is 0 Å². The van der Waals surface area contributed by atoms with Crippen LogP contribution in [0.5, 0.6) is 0 Å². The Morgan fingerprint density at radius 2 is 2.14 bits per heavy atom. The maximum atomic E-state index is 3.53. The molecule has 1 unspecified atom stereocenters. The maximum Gasteiger partial charge on any atom is 0.0329 e. The Labute approximate surface area is 94.0 Å². The second-order valence-corrected chi connectivity index (χ2v) is 5.58. The minimum Gasteiger partial charge on any atom is -0.313 e. The number of halogens is 1. The van der Waals surface area contributed by atoms with Crippen molar-refractivity contribution in [2.24, 2.45) is 0 Å². The molecule has 0 fully saturated rings. The molecule has 1 aromatic rings. The Balaban J connectivity index is 2.54. The first-order valence-electron chi connectivity index (χ1n) is 5.02. The smallest absolute Gasteiger partial charge is 0.0329 e. The molecule has 14 heavy (non-hydrogen) atoms. The second kappa shape index (κ2) is 3.35. The minimum atomic E-state index is 0.309. The molecule has 1 aliphatic rings. The fourth-order valence-corrected chi connectivity index (χ4v) is 2.80. The van der Waals surface area contributed by atoms with Crippen LogP contribution in [0.15, 0.2) is 22.7 Å². The number of benzene rings is 1. The predicted octanol–water partition coefficient (Wildman–Crippen LogP) is 3.39. The monoisotopic (exact) mass is 253 g/mol. The third kappa shape index (κ3) is 1.51. The van der Waals surface area contributed by atoms with Gasteiger partial charge in [0, 0.05) is 10.5 Å². The van der Waals surface area contributed by atoms with Gasteiger partial charge in [-0.1, -0.05) is 35.8 Å². The lowest BCUT2D eigenvalue weighted by Crippen LogP contribution is -2.17. The Morgan fingerprint density at radius 3 is 2.79 bits per heavy atom. The molecule has 2 heteroatoms. The molecule has 1 nitrogen and oxygen atoms in total. The van der Waals surface area contributed by atoms with Crippen molar-refractivity contribution >= 4 is 15.9 Å². The van der Waals surface area contributed by atoms with E-state index in [1.54, 1.807) is 0 Å². The van der Waals surface area contributed by atoms with Crippen LogP contribution in [0.2, 0.25) is 0 Å². The van der Waals surface area contributed by atoms with Crippen LogP contribution in [0.1, 0.15) is 37.4 Å². The Hall–Kier alpha value is -0.340. The molecule has 0 aromatic heterocycles. The van der Waals surface area contributed by atoms with Crippen LogP contribution >= 0.6 is 15.9 Å². The highest BCUT2D eigenvalue weighted by atomic mass is 79.9. The average Bonchev–Trinajstić information content (AvgIpc) is 2.37. The summed E-state index contributed by atoms with van der Waals surface area (Å²) in [6.07, 6.45) is 1.19. The van der Waals surface area contributed by atoms with Crippen molar-refractivity contribution in [2.75, 3.05) is 7.05 Å². The predicted molar refractivity (Wildman–Crippen MR) is 63.6 cm³/mol. The van der Waals surface area contributed by atoms with E-state index in [1.165, 1.54) is 22.0 Å². The van der Waals surface area contributed by atoms with Gasteiger partial charge in [0.1, 0.15) is 0 Å². The highest BCUT2D eigenvalue weighted by Crippen LogP contribution is 2.44.